The molecule has 1 unspecified atom stereocenters. The summed E-state index contributed by atoms with van der Waals surface area (Å²) in [4.78, 5) is 10.8. The zero-order valence-electron chi connectivity index (χ0n) is 8.66. The van der Waals surface area contributed by atoms with Crippen LogP contribution in [0.2, 0.25) is 0 Å². The van der Waals surface area contributed by atoms with Gasteiger partial charge in [-0.2, -0.15) is 0 Å². The predicted molar refractivity (Wildman–Crippen MR) is 66.2 cm³/mol. The quantitative estimate of drug-likeness (QED) is 0.868. The fourth-order valence-electron chi connectivity index (χ4n) is 1.21. The van der Waals surface area contributed by atoms with Crippen molar-refractivity contribution in [1.29, 1.82) is 0 Å². The minimum absolute atomic E-state index is 0.459. The molecule has 0 aliphatic rings. The Kier molecular flexibility index (Phi) is 4.38. The molecule has 1 aromatic carbocycles. The fraction of sp³-hybridized carbons (Fsp3) is 0.364. The lowest BCUT2D eigenvalue weighted by Gasteiger charge is -2.15. The summed E-state index contributed by atoms with van der Waals surface area (Å²) >= 11 is 2.21. The first kappa shape index (κ1) is 12.3. The number of ether oxygens (including phenoxy) is 1. The Balaban J connectivity index is 2.84. The Bertz CT molecular complexity index is 363. The molecular weight excluding hydrogens is 307 g/mol. The zero-order chi connectivity index (χ0) is 11.4. The van der Waals surface area contributed by atoms with Crippen LogP contribution in [-0.2, 0) is 4.79 Å². The summed E-state index contributed by atoms with van der Waals surface area (Å²) in [5, 5.41) is 8.85. The number of carboxylic acid groups (broad SMARTS) is 1. The molecule has 0 spiro atoms. The minimum Gasteiger partial charge on any atom is -0.479 e. The molecular formula is C11H13IO3. The molecule has 0 saturated heterocycles. The second-order valence-corrected chi connectivity index (χ2v) is 4.51. The van der Waals surface area contributed by atoms with Gasteiger partial charge >= 0.3 is 5.97 Å². The first-order chi connectivity index (χ1) is 7.04. The first-order valence-electron chi connectivity index (χ1n) is 4.70. The monoisotopic (exact) mass is 320 g/mol. The van der Waals surface area contributed by atoms with Gasteiger partial charge < -0.3 is 9.84 Å². The molecule has 3 nitrogen and oxygen atoms in total. The third kappa shape index (κ3) is 3.37. The van der Waals surface area contributed by atoms with Gasteiger partial charge in [-0.05, 0) is 59.7 Å². The van der Waals surface area contributed by atoms with Crippen molar-refractivity contribution in [2.24, 2.45) is 0 Å². The summed E-state index contributed by atoms with van der Waals surface area (Å²) in [6.45, 7) is 3.70. The van der Waals surface area contributed by atoms with E-state index < -0.39 is 12.1 Å². The highest BCUT2D eigenvalue weighted by molar-refractivity contribution is 14.1. The average molecular weight is 320 g/mol. The molecule has 1 N–H and O–H groups in total. The highest BCUT2D eigenvalue weighted by Gasteiger charge is 2.17. The molecule has 4 heteroatoms. The lowest BCUT2D eigenvalue weighted by Crippen LogP contribution is -2.26. The highest BCUT2D eigenvalue weighted by Crippen LogP contribution is 2.21. The van der Waals surface area contributed by atoms with E-state index in [1.165, 1.54) is 0 Å². The van der Waals surface area contributed by atoms with E-state index in [-0.39, 0.29) is 0 Å². The second kappa shape index (κ2) is 5.34. The maximum absolute atomic E-state index is 10.8. The molecule has 0 fully saturated rings. The predicted octanol–water partition coefficient (Wildman–Crippen LogP) is 2.84. The summed E-state index contributed by atoms with van der Waals surface area (Å²) in [5.41, 5.74) is 0.960. The summed E-state index contributed by atoms with van der Waals surface area (Å²) in [7, 11) is 0. The minimum atomic E-state index is -0.921. The molecule has 0 bridgehead atoms. The molecule has 0 amide bonds. The van der Waals surface area contributed by atoms with Gasteiger partial charge in [0, 0.05) is 3.57 Å². The maximum atomic E-state index is 10.8. The number of hydrogen-bond acceptors (Lipinski definition) is 2. The van der Waals surface area contributed by atoms with Gasteiger partial charge in [-0.15, -0.1) is 0 Å². The van der Waals surface area contributed by atoms with E-state index in [0.717, 1.165) is 9.13 Å². The topological polar surface area (TPSA) is 46.5 Å². The summed E-state index contributed by atoms with van der Waals surface area (Å²) in [6, 6.07) is 5.67. The smallest absolute Gasteiger partial charge is 0.344 e. The number of carbonyl (C=O) groups is 1. The van der Waals surface area contributed by atoms with Crippen LogP contribution in [0.25, 0.3) is 0 Å². The number of aryl methyl sites for hydroxylation is 1. The van der Waals surface area contributed by atoms with E-state index in [4.69, 9.17) is 9.84 Å². The van der Waals surface area contributed by atoms with E-state index in [9.17, 15) is 4.79 Å². The Morgan fingerprint density at radius 3 is 2.73 bits per heavy atom. The molecule has 82 valence electrons. The zero-order valence-corrected chi connectivity index (χ0v) is 10.8. The molecule has 1 atom stereocenters. The molecule has 0 aromatic heterocycles. The number of halogens is 1. The van der Waals surface area contributed by atoms with Gasteiger partial charge in [0.2, 0.25) is 0 Å². The van der Waals surface area contributed by atoms with Crippen molar-refractivity contribution in [3.8, 4) is 5.75 Å². The van der Waals surface area contributed by atoms with Crippen LogP contribution in [0.4, 0.5) is 0 Å². The van der Waals surface area contributed by atoms with E-state index >= 15 is 0 Å². The maximum Gasteiger partial charge on any atom is 0.344 e. The Morgan fingerprint density at radius 2 is 2.27 bits per heavy atom. The van der Waals surface area contributed by atoms with E-state index in [0.29, 0.717) is 12.2 Å². The van der Waals surface area contributed by atoms with Crippen molar-refractivity contribution in [3.05, 3.63) is 27.3 Å². The molecule has 0 aliphatic heterocycles. The molecule has 1 aromatic rings. The third-order valence-corrected chi connectivity index (χ3v) is 2.72. The van der Waals surface area contributed by atoms with Crippen molar-refractivity contribution >= 4 is 28.6 Å². The van der Waals surface area contributed by atoms with Crippen LogP contribution in [0.1, 0.15) is 18.9 Å². The molecule has 0 heterocycles. The van der Waals surface area contributed by atoms with Crippen LogP contribution in [0.3, 0.4) is 0 Å². The van der Waals surface area contributed by atoms with Gasteiger partial charge in [0.05, 0.1) is 0 Å². The van der Waals surface area contributed by atoms with E-state index in [2.05, 4.69) is 22.6 Å². The Labute approximate surface area is 103 Å². The molecule has 0 radical (unpaired) electrons. The molecule has 0 saturated carbocycles. The third-order valence-electron chi connectivity index (χ3n) is 2.05. The molecule has 0 aliphatic carbocycles. The van der Waals surface area contributed by atoms with Gasteiger partial charge in [-0.1, -0.05) is 6.92 Å². The highest BCUT2D eigenvalue weighted by atomic mass is 127. The van der Waals surface area contributed by atoms with E-state index in [1.54, 1.807) is 6.92 Å². The van der Waals surface area contributed by atoms with Crippen LogP contribution in [0.5, 0.6) is 5.75 Å². The van der Waals surface area contributed by atoms with Crippen LogP contribution < -0.4 is 4.74 Å². The SMILES string of the molecule is CCC(Oc1ccc(I)cc1C)C(=O)O. The van der Waals surface area contributed by atoms with Crippen LogP contribution >= 0.6 is 22.6 Å². The van der Waals surface area contributed by atoms with Crippen molar-refractivity contribution in [2.75, 3.05) is 0 Å². The first-order valence-corrected chi connectivity index (χ1v) is 5.78. The van der Waals surface area contributed by atoms with Gasteiger partial charge in [-0.25, -0.2) is 4.79 Å². The number of carboxylic acids is 1. The van der Waals surface area contributed by atoms with Crippen molar-refractivity contribution in [3.63, 3.8) is 0 Å². The number of hydrogen-bond donors (Lipinski definition) is 1. The Hall–Kier alpha value is -0.780. The second-order valence-electron chi connectivity index (χ2n) is 3.26. The lowest BCUT2D eigenvalue weighted by molar-refractivity contribution is -0.145. The summed E-state index contributed by atoms with van der Waals surface area (Å²) < 4.78 is 6.52. The summed E-state index contributed by atoms with van der Waals surface area (Å²) in [6.07, 6.45) is -0.301. The Morgan fingerprint density at radius 1 is 1.60 bits per heavy atom. The van der Waals surface area contributed by atoms with Crippen LogP contribution in [-0.4, -0.2) is 17.2 Å². The van der Waals surface area contributed by atoms with Crippen molar-refractivity contribution in [1.82, 2.24) is 0 Å². The fourth-order valence-corrected chi connectivity index (χ4v) is 1.85. The van der Waals surface area contributed by atoms with Crippen molar-refractivity contribution in [2.45, 2.75) is 26.4 Å². The number of benzene rings is 1. The van der Waals surface area contributed by atoms with Gasteiger partial charge in [0.15, 0.2) is 6.10 Å². The van der Waals surface area contributed by atoms with Gasteiger partial charge in [-0.3, -0.25) is 0 Å². The van der Waals surface area contributed by atoms with E-state index in [1.807, 2.05) is 25.1 Å². The van der Waals surface area contributed by atoms with Gasteiger partial charge in [0.25, 0.3) is 0 Å². The molecule has 1 rings (SSSR count). The average Bonchev–Trinajstić information content (AvgIpc) is 2.16. The van der Waals surface area contributed by atoms with Crippen LogP contribution in [0.15, 0.2) is 18.2 Å². The largest absolute Gasteiger partial charge is 0.479 e. The number of aliphatic carboxylic acids is 1. The normalized spacial score (nSPS) is 12.2. The van der Waals surface area contributed by atoms with Crippen LogP contribution in [0, 0.1) is 10.5 Å². The van der Waals surface area contributed by atoms with Gasteiger partial charge in [0.1, 0.15) is 5.75 Å². The molecule has 15 heavy (non-hydrogen) atoms. The summed E-state index contributed by atoms with van der Waals surface area (Å²) in [5.74, 6) is -0.278. The van der Waals surface area contributed by atoms with Crippen molar-refractivity contribution < 1.29 is 14.6 Å². The lowest BCUT2D eigenvalue weighted by atomic mass is 10.2. The number of rotatable bonds is 4. The standard InChI is InChI=1S/C11H13IO3/c1-3-9(11(13)14)15-10-5-4-8(12)6-7(10)2/h4-6,9H,3H2,1-2H3,(H,13,14).